The topological polar surface area (TPSA) is 37.8 Å². The van der Waals surface area contributed by atoms with Crippen LogP contribution in [0.2, 0.25) is 0 Å². The molecule has 2 rings (SSSR count). The van der Waals surface area contributed by atoms with Gasteiger partial charge in [-0.2, -0.15) is 0 Å². The lowest BCUT2D eigenvalue weighted by Crippen LogP contribution is -2.01. The number of hydrogen-bond donors (Lipinski definition) is 1. The van der Waals surface area contributed by atoms with E-state index in [4.69, 9.17) is 0 Å². The van der Waals surface area contributed by atoms with Gasteiger partial charge in [0.05, 0.1) is 5.69 Å². The summed E-state index contributed by atoms with van der Waals surface area (Å²) in [5.41, 5.74) is 0.704. The molecule has 0 saturated heterocycles. The maximum absolute atomic E-state index is 13.7. The third-order valence-corrected chi connectivity index (χ3v) is 2.55. The molecule has 18 heavy (non-hydrogen) atoms. The first-order valence-corrected chi connectivity index (χ1v) is 5.65. The lowest BCUT2D eigenvalue weighted by atomic mass is 10.1. The van der Waals surface area contributed by atoms with Crippen molar-refractivity contribution in [2.75, 3.05) is 11.9 Å². The SMILES string of the molecule is CCNc1ccc(-c2cc(F)c(C)cc2F)nn1. The molecule has 0 unspecified atom stereocenters. The number of rotatable bonds is 3. The van der Waals surface area contributed by atoms with Crippen LogP contribution in [0.1, 0.15) is 12.5 Å². The zero-order chi connectivity index (χ0) is 13.1. The maximum atomic E-state index is 13.7. The van der Waals surface area contributed by atoms with E-state index in [1.165, 1.54) is 6.92 Å². The molecule has 1 N–H and O–H groups in total. The van der Waals surface area contributed by atoms with Gasteiger partial charge in [-0.25, -0.2) is 8.78 Å². The number of hydrogen-bond acceptors (Lipinski definition) is 3. The molecule has 0 atom stereocenters. The Kier molecular flexibility index (Phi) is 3.50. The first kappa shape index (κ1) is 12.4. The van der Waals surface area contributed by atoms with E-state index < -0.39 is 11.6 Å². The minimum atomic E-state index is -0.501. The summed E-state index contributed by atoms with van der Waals surface area (Å²) in [6.45, 7) is 4.17. The van der Waals surface area contributed by atoms with Gasteiger partial charge in [0.15, 0.2) is 0 Å². The van der Waals surface area contributed by atoms with Crippen molar-refractivity contribution in [3.8, 4) is 11.3 Å². The average molecular weight is 249 g/mol. The Morgan fingerprint density at radius 1 is 1.11 bits per heavy atom. The van der Waals surface area contributed by atoms with Crippen LogP contribution in [0.15, 0.2) is 24.3 Å². The summed E-state index contributed by atoms with van der Waals surface area (Å²) in [5, 5.41) is 10.7. The molecule has 1 aromatic heterocycles. The second-order valence-electron chi connectivity index (χ2n) is 3.92. The normalized spacial score (nSPS) is 10.4. The minimum absolute atomic E-state index is 0.119. The van der Waals surface area contributed by atoms with Gasteiger partial charge in [0.1, 0.15) is 17.5 Å². The van der Waals surface area contributed by atoms with Crippen molar-refractivity contribution < 1.29 is 8.78 Å². The summed E-state index contributed by atoms with van der Waals surface area (Å²) in [6, 6.07) is 5.59. The molecule has 1 heterocycles. The number of aryl methyl sites for hydroxylation is 1. The molecule has 2 aromatic rings. The van der Waals surface area contributed by atoms with E-state index in [0.717, 1.165) is 18.7 Å². The van der Waals surface area contributed by atoms with Gasteiger partial charge in [0.25, 0.3) is 0 Å². The number of nitrogens with zero attached hydrogens (tertiary/aromatic N) is 2. The average Bonchev–Trinajstić information content (AvgIpc) is 2.35. The zero-order valence-electron chi connectivity index (χ0n) is 10.2. The fourth-order valence-corrected chi connectivity index (χ4v) is 1.59. The van der Waals surface area contributed by atoms with Crippen molar-refractivity contribution in [3.63, 3.8) is 0 Å². The number of benzene rings is 1. The molecule has 0 amide bonds. The highest BCUT2D eigenvalue weighted by molar-refractivity contribution is 5.61. The third kappa shape index (κ3) is 2.45. The Hall–Kier alpha value is -2.04. The van der Waals surface area contributed by atoms with Gasteiger partial charge in [-0.15, -0.1) is 10.2 Å². The van der Waals surface area contributed by atoms with Crippen LogP contribution < -0.4 is 5.32 Å². The van der Waals surface area contributed by atoms with Crippen LogP contribution in [-0.4, -0.2) is 16.7 Å². The first-order valence-electron chi connectivity index (χ1n) is 5.65. The Morgan fingerprint density at radius 3 is 2.50 bits per heavy atom. The molecule has 0 radical (unpaired) electrons. The van der Waals surface area contributed by atoms with Gasteiger partial charge >= 0.3 is 0 Å². The van der Waals surface area contributed by atoms with Crippen molar-refractivity contribution in [2.45, 2.75) is 13.8 Å². The predicted molar refractivity (Wildman–Crippen MR) is 66.3 cm³/mol. The first-order chi connectivity index (χ1) is 8.61. The molecule has 0 saturated carbocycles. The maximum Gasteiger partial charge on any atom is 0.148 e. The minimum Gasteiger partial charge on any atom is -0.369 e. The van der Waals surface area contributed by atoms with E-state index in [-0.39, 0.29) is 11.1 Å². The van der Waals surface area contributed by atoms with Crippen LogP contribution in [0.4, 0.5) is 14.6 Å². The Balaban J connectivity index is 2.39. The van der Waals surface area contributed by atoms with Gasteiger partial charge in [-0.3, -0.25) is 0 Å². The van der Waals surface area contributed by atoms with E-state index in [1.54, 1.807) is 12.1 Å². The molecule has 0 aliphatic carbocycles. The van der Waals surface area contributed by atoms with E-state index in [2.05, 4.69) is 15.5 Å². The van der Waals surface area contributed by atoms with Crippen LogP contribution in [0.3, 0.4) is 0 Å². The van der Waals surface area contributed by atoms with Crippen molar-refractivity contribution in [2.24, 2.45) is 0 Å². The molecule has 94 valence electrons. The second kappa shape index (κ2) is 5.08. The molecule has 0 bridgehead atoms. The standard InChI is InChI=1S/C13H13F2N3/c1-3-16-13-5-4-12(17-18-13)9-7-10(14)8(2)6-11(9)15/h4-7H,3H2,1-2H3,(H,16,18). The summed E-state index contributed by atoms with van der Waals surface area (Å²) in [7, 11) is 0. The molecule has 0 fully saturated rings. The van der Waals surface area contributed by atoms with Crippen LogP contribution in [0, 0.1) is 18.6 Å². The van der Waals surface area contributed by atoms with Crippen LogP contribution in [0.25, 0.3) is 11.3 Å². The Labute approximate surface area is 104 Å². The highest BCUT2D eigenvalue weighted by Gasteiger charge is 2.11. The van der Waals surface area contributed by atoms with Crippen molar-refractivity contribution >= 4 is 5.82 Å². The fraction of sp³-hybridized carbons (Fsp3) is 0.231. The molecule has 1 aromatic carbocycles. The summed E-state index contributed by atoms with van der Waals surface area (Å²) < 4.78 is 27.1. The third-order valence-electron chi connectivity index (χ3n) is 2.55. The zero-order valence-corrected chi connectivity index (χ0v) is 10.2. The highest BCUT2D eigenvalue weighted by atomic mass is 19.1. The highest BCUT2D eigenvalue weighted by Crippen LogP contribution is 2.23. The Bertz CT molecular complexity index is 553. The smallest absolute Gasteiger partial charge is 0.148 e. The molecular formula is C13H13F2N3. The number of halogens is 2. The molecule has 0 aliphatic rings. The van der Waals surface area contributed by atoms with Gasteiger partial charge < -0.3 is 5.32 Å². The number of nitrogens with one attached hydrogen (secondary N) is 1. The quantitative estimate of drug-likeness (QED) is 0.908. The number of anilines is 1. The van der Waals surface area contributed by atoms with E-state index in [0.29, 0.717) is 11.5 Å². The number of aromatic nitrogens is 2. The molecule has 5 heteroatoms. The van der Waals surface area contributed by atoms with Gasteiger partial charge in [0, 0.05) is 12.1 Å². The van der Waals surface area contributed by atoms with Crippen molar-refractivity contribution in [1.29, 1.82) is 0 Å². The van der Waals surface area contributed by atoms with Crippen LogP contribution in [0.5, 0.6) is 0 Å². The van der Waals surface area contributed by atoms with Crippen LogP contribution in [-0.2, 0) is 0 Å². The fourth-order valence-electron chi connectivity index (χ4n) is 1.59. The largest absolute Gasteiger partial charge is 0.369 e. The van der Waals surface area contributed by atoms with Gasteiger partial charge in [0.2, 0.25) is 0 Å². The van der Waals surface area contributed by atoms with E-state index in [1.807, 2.05) is 6.92 Å². The van der Waals surface area contributed by atoms with Gasteiger partial charge in [-0.1, -0.05) is 0 Å². The predicted octanol–water partition coefficient (Wildman–Crippen LogP) is 3.16. The van der Waals surface area contributed by atoms with Gasteiger partial charge in [-0.05, 0) is 43.7 Å². The summed E-state index contributed by atoms with van der Waals surface area (Å²) in [5.74, 6) is -0.349. The summed E-state index contributed by atoms with van der Waals surface area (Å²) in [6.07, 6.45) is 0. The molecule has 0 aliphatic heterocycles. The monoisotopic (exact) mass is 249 g/mol. The molecule has 0 spiro atoms. The van der Waals surface area contributed by atoms with Crippen molar-refractivity contribution in [1.82, 2.24) is 10.2 Å². The summed E-state index contributed by atoms with van der Waals surface area (Å²) >= 11 is 0. The van der Waals surface area contributed by atoms with E-state index in [9.17, 15) is 8.78 Å². The summed E-state index contributed by atoms with van der Waals surface area (Å²) in [4.78, 5) is 0. The molecule has 3 nitrogen and oxygen atoms in total. The lowest BCUT2D eigenvalue weighted by Gasteiger charge is -2.06. The van der Waals surface area contributed by atoms with Crippen molar-refractivity contribution in [3.05, 3.63) is 41.5 Å². The Morgan fingerprint density at radius 2 is 1.89 bits per heavy atom. The van der Waals surface area contributed by atoms with E-state index >= 15 is 0 Å². The lowest BCUT2D eigenvalue weighted by molar-refractivity contribution is 0.594. The second-order valence-corrected chi connectivity index (χ2v) is 3.92. The molecular weight excluding hydrogens is 236 g/mol. The van der Waals surface area contributed by atoms with Crippen LogP contribution >= 0.6 is 0 Å².